The van der Waals surface area contributed by atoms with Gasteiger partial charge >= 0.3 is 6.18 Å². The second-order valence-corrected chi connectivity index (χ2v) is 5.51. The number of alkyl halides is 3. The third kappa shape index (κ3) is 4.82. The second kappa shape index (κ2) is 7.16. The summed E-state index contributed by atoms with van der Waals surface area (Å²) in [5, 5.41) is 0. The first-order valence-corrected chi connectivity index (χ1v) is 7.43. The maximum Gasteiger partial charge on any atom is 0.406 e. The average Bonchev–Trinajstić information content (AvgIpc) is 2.81. The molecule has 0 saturated carbocycles. The molecule has 0 aromatic carbocycles. The van der Waals surface area contributed by atoms with Crippen molar-refractivity contribution in [2.24, 2.45) is 0 Å². The standard InChI is InChI=1S/C15H20F3N3O2/c1-3-23-12-5-4-11(19-8-12)9-20(2)13-6-7-21(14(13)22)10-15(16,17)18/h4-5,8,13H,3,6-7,9-10H2,1-2H3/t13-/m1/s1. The molecule has 2 heterocycles. The number of halogens is 3. The van der Waals surface area contributed by atoms with Gasteiger partial charge in [-0.25, -0.2) is 0 Å². The van der Waals surface area contributed by atoms with Crippen LogP contribution in [0.3, 0.4) is 0 Å². The van der Waals surface area contributed by atoms with E-state index in [1.54, 1.807) is 30.3 Å². The minimum atomic E-state index is -4.36. The predicted molar refractivity (Wildman–Crippen MR) is 77.9 cm³/mol. The Labute approximate surface area is 133 Å². The summed E-state index contributed by atoms with van der Waals surface area (Å²) in [4.78, 5) is 18.9. The number of pyridine rings is 1. The van der Waals surface area contributed by atoms with Crippen molar-refractivity contribution in [2.45, 2.75) is 32.1 Å². The predicted octanol–water partition coefficient (Wildman–Crippen LogP) is 2.08. The van der Waals surface area contributed by atoms with E-state index in [0.29, 0.717) is 25.3 Å². The van der Waals surface area contributed by atoms with Crippen LogP contribution >= 0.6 is 0 Å². The number of likely N-dealkylation sites (N-methyl/N-ethyl adjacent to an activating group) is 1. The van der Waals surface area contributed by atoms with Crippen LogP contribution < -0.4 is 4.74 Å². The number of ether oxygens (including phenoxy) is 1. The molecular weight excluding hydrogens is 311 g/mol. The Hall–Kier alpha value is -1.83. The summed E-state index contributed by atoms with van der Waals surface area (Å²) in [6.45, 7) is 1.76. The van der Waals surface area contributed by atoms with Gasteiger partial charge in [0.25, 0.3) is 0 Å². The lowest BCUT2D eigenvalue weighted by Gasteiger charge is -2.24. The minimum absolute atomic E-state index is 0.129. The molecule has 23 heavy (non-hydrogen) atoms. The van der Waals surface area contributed by atoms with E-state index in [0.717, 1.165) is 10.6 Å². The number of hydrogen-bond donors (Lipinski definition) is 0. The molecule has 5 nitrogen and oxygen atoms in total. The van der Waals surface area contributed by atoms with Crippen LogP contribution in [-0.2, 0) is 11.3 Å². The normalized spacial score (nSPS) is 18.8. The molecule has 1 atom stereocenters. The maximum atomic E-state index is 12.4. The summed E-state index contributed by atoms with van der Waals surface area (Å²) in [5.41, 5.74) is 0.734. The van der Waals surface area contributed by atoms with Gasteiger partial charge in [-0.3, -0.25) is 14.7 Å². The van der Waals surface area contributed by atoms with Gasteiger partial charge in [0.1, 0.15) is 12.3 Å². The van der Waals surface area contributed by atoms with Gasteiger partial charge in [-0.1, -0.05) is 0 Å². The van der Waals surface area contributed by atoms with Gasteiger partial charge < -0.3 is 9.64 Å². The summed E-state index contributed by atoms with van der Waals surface area (Å²) in [6.07, 6.45) is -2.37. The molecule has 1 fully saturated rings. The molecule has 2 rings (SSSR count). The third-order valence-electron chi connectivity index (χ3n) is 3.69. The van der Waals surface area contributed by atoms with Crippen LogP contribution in [0, 0.1) is 0 Å². The SMILES string of the molecule is CCOc1ccc(CN(C)[C@@H]2CCN(CC(F)(F)F)C2=O)nc1. The molecule has 0 spiro atoms. The molecule has 0 unspecified atom stereocenters. The monoisotopic (exact) mass is 331 g/mol. The highest BCUT2D eigenvalue weighted by atomic mass is 19.4. The van der Waals surface area contributed by atoms with Crippen molar-refractivity contribution in [3.63, 3.8) is 0 Å². The Balaban J connectivity index is 1.93. The first-order valence-electron chi connectivity index (χ1n) is 7.43. The van der Waals surface area contributed by atoms with Gasteiger partial charge in [-0.05, 0) is 32.5 Å². The van der Waals surface area contributed by atoms with E-state index in [9.17, 15) is 18.0 Å². The molecule has 1 aliphatic rings. The van der Waals surface area contributed by atoms with Gasteiger partial charge in [-0.15, -0.1) is 0 Å². The van der Waals surface area contributed by atoms with Crippen LogP contribution in [-0.4, -0.2) is 59.7 Å². The molecule has 1 aliphatic heterocycles. The molecule has 0 N–H and O–H groups in total. The molecule has 1 saturated heterocycles. The zero-order chi connectivity index (χ0) is 17.0. The Morgan fingerprint density at radius 1 is 1.43 bits per heavy atom. The van der Waals surface area contributed by atoms with Gasteiger partial charge in [0.2, 0.25) is 5.91 Å². The zero-order valence-electron chi connectivity index (χ0n) is 13.1. The van der Waals surface area contributed by atoms with E-state index in [1.165, 1.54) is 0 Å². The van der Waals surface area contributed by atoms with Crippen molar-refractivity contribution >= 4 is 5.91 Å². The summed E-state index contributed by atoms with van der Waals surface area (Å²) >= 11 is 0. The molecular formula is C15H20F3N3O2. The number of carbonyl (C=O) groups is 1. The van der Waals surface area contributed by atoms with E-state index in [2.05, 4.69) is 4.98 Å². The number of aromatic nitrogens is 1. The van der Waals surface area contributed by atoms with Crippen LogP contribution in [0.4, 0.5) is 13.2 Å². The van der Waals surface area contributed by atoms with Gasteiger partial charge in [0.15, 0.2) is 0 Å². The lowest BCUT2D eigenvalue weighted by Crippen LogP contribution is -2.42. The van der Waals surface area contributed by atoms with Crippen molar-refractivity contribution in [1.29, 1.82) is 0 Å². The Morgan fingerprint density at radius 2 is 2.17 bits per heavy atom. The number of likely N-dealkylation sites (tertiary alicyclic amines) is 1. The minimum Gasteiger partial charge on any atom is -0.492 e. The first-order chi connectivity index (χ1) is 10.8. The molecule has 1 aromatic heterocycles. The van der Waals surface area contributed by atoms with Crippen LogP contribution in [0.15, 0.2) is 18.3 Å². The van der Waals surface area contributed by atoms with Crippen LogP contribution in [0.5, 0.6) is 5.75 Å². The van der Waals surface area contributed by atoms with E-state index in [4.69, 9.17) is 4.74 Å². The fourth-order valence-corrected chi connectivity index (χ4v) is 2.63. The highest BCUT2D eigenvalue weighted by Crippen LogP contribution is 2.23. The highest BCUT2D eigenvalue weighted by Gasteiger charge is 2.40. The van der Waals surface area contributed by atoms with Crippen LogP contribution in [0.1, 0.15) is 19.0 Å². The largest absolute Gasteiger partial charge is 0.492 e. The van der Waals surface area contributed by atoms with Gasteiger partial charge in [-0.2, -0.15) is 13.2 Å². The lowest BCUT2D eigenvalue weighted by molar-refractivity contribution is -0.159. The van der Waals surface area contributed by atoms with Crippen molar-refractivity contribution < 1.29 is 22.7 Å². The van der Waals surface area contributed by atoms with Crippen molar-refractivity contribution in [1.82, 2.24) is 14.8 Å². The molecule has 0 bridgehead atoms. The van der Waals surface area contributed by atoms with Crippen molar-refractivity contribution in [2.75, 3.05) is 26.7 Å². The summed E-state index contributed by atoms with van der Waals surface area (Å²) in [7, 11) is 1.72. The molecule has 128 valence electrons. The first kappa shape index (κ1) is 17.5. The Morgan fingerprint density at radius 3 is 2.74 bits per heavy atom. The fourth-order valence-electron chi connectivity index (χ4n) is 2.63. The van der Waals surface area contributed by atoms with E-state index >= 15 is 0 Å². The van der Waals surface area contributed by atoms with E-state index < -0.39 is 24.7 Å². The molecule has 1 aromatic rings. The van der Waals surface area contributed by atoms with E-state index in [-0.39, 0.29) is 6.54 Å². The van der Waals surface area contributed by atoms with Gasteiger partial charge in [0, 0.05) is 13.1 Å². The Bertz CT molecular complexity index is 534. The van der Waals surface area contributed by atoms with Crippen molar-refractivity contribution in [3.05, 3.63) is 24.0 Å². The molecule has 0 aliphatic carbocycles. The summed E-state index contributed by atoms with van der Waals surface area (Å²) in [6, 6.07) is 3.03. The van der Waals surface area contributed by atoms with Crippen LogP contribution in [0.25, 0.3) is 0 Å². The zero-order valence-corrected chi connectivity index (χ0v) is 13.1. The number of hydrogen-bond acceptors (Lipinski definition) is 4. The fraction of sp³-hybridized carbons (Fsp3) is 0.600. The van der Waals surface area contributed by atoms with Crippen LogP contribution in [0.2, 0.25) is 0 Å². The number of rotatable bonds is 6. The Kier molecular flexibility index (Phi) is 5.46. The number of nitrogens with zero attached hydrogens (tertiary/aromatic N) is 3. The van der Waals surface area contributed by atoms with Gasteiger partial charge in [0.05, 0.1) is 24.5 Å². The third-order valence-corrected chi connectivity index (χ3v) is 3.69. The summed E-state index contributed by atoms with van der Waals surface area (Å²) < 4.78 is 42.6. The molecule has 0 radical (unpaired) electrons. The average molecular weight is 331 g/mol. The second-order valence-electron chi connectivity index (χ2n) is 5.51. The smallest absolute Gasteiger partial charge is 0.406 e. The molecule has 1 amide bonds. The quantitative estimate of drug-likeness (QED) is 0.801. The summed E-state index contributed by atoms with van der Waals surface area (Å²) in [5.74, 6) is 0.183. The number of carbonyl (C=O) groups excluding carboxylic acids is 1. The van der Waals surface area contributed by atoms with E-state index in [1.807, 2.05) is 6.92 Å². The number of amides is 1. The lowest BCUT2D eigenvalue weighted by atomic mass is 10.2. The highest BCUT2D eigenvalue weighted by molar-refractivity contribution is 5.84. The topological polar surface area (TPSA) is 45.7 Å². The van der Waals surface area contributed by atoms with Crippen molar-refractivity contribution in [3.8, 4) is 5.75 Å². The molecule has 8 heteroatoms. The maximum absolute atomic E-state index is 12.4.